The van der Waals surface area contributed by atoms with Gasteiger partial charge in [0.1, 0.15) is 5.69 Å². The quantitative estimate of drug-likeness (QED) is 0.327. The lowest BCUT2D eigenvalue weighted by atomic mass is 10.2. The number of amides is 1. The maximum absolute atomic E-state index is 11.3. The van der Waals surface area contributed by atoms with Gasteiger partial charge in [0, 0.05) is 18.8 Å². The van der Waals surface area contributed by atoms with Gasteiger partial charge >= 0.3 is 5.97 Å². The summed E-state index contributed by atoms with van der Waals surface area (Å²) < 4.78 is 8.61. The Kier molecular flexibility index (Phi) is 9.35. The van der Waals surface area contributed by atoms with Crippen LogP contribution in [0.4, 0.5) is 0 Å². The first-order chi connectivity index (χ1) is 17.3. The van der Waals surface area contributed by atoms with Gasteiger partial charge in [-0.25, -0.2) is 14.2 Å². The predicted octanol–water partition coefficient (Wildman–Crippen LogP) is 2.93. The number of carbonyl (C=O) groups excluding carboxylic acids is 1. The molecule has 2 aromatic carbocycles. The second-order valence-electron chi connectivity index (χ2n) is 8.17. The minimum absolute atomic E-state index is 0.131. The van der Waals surface area contributed by atoms with Crippen LogP contribution in [0.25, 0.3) is 5.69 Å². The van der Waals surface area contributed by atoms with E-state index >= 15 is 0 Å². The smallest absolute Gasteiger partial charge is 0.354 e. The van der Waals surface area contributed by atoms with Gasteiger partial charge in [-0.15, -0.1) is 5.10 Å². The standard InChI is InChI=1S/C16H21N3O3.C10H9N3O/c1-18(2)9-6-10-22-15-11-14(16(20)21)19(17-15)12-13-7-4-3-5-8-13;11-10(14)9-6-7-13(12-9)8-4-2-1-3-5-8/h3-5,7-8,11H,6,9-10,12H2,1-2H3,(H,20,21);1-7H,(H2,11,14). The van der Waals surface area contributed by atoms with E-state index in [-0.39, 0.29) is 11.4 Å². The van der Waals surface area contributed by atoms with Gasteiger partial charge in [-0.1, -0.05) is 48.5 Å². The number of aromatic nitrogens is 4. The number of primary amides is 1. The molecule has 0 atom stereocenters. The average molecular weight is 491 g/mol. The highest BCUT2D eigenvalue weighted by molar-refractivity contribution is 5.90. The van der Waals surface area contributed by atoms with Crippen molar-refractivity contribution in [3.8, 4) is 11.6 Å². The topological polar surface area (TPSA) is 128 Å². The van der Waals surface area contributed by atoms with Crippen LogP contribution in [-0.2, 0) is 6.54 Å². The number of carbonyl (C=O) groups is 2. The van der Waals surface area contributed by atoms with Crippen molar-refractivity contribution in [3.05, 3.63) is 95.9 Å². The Balaban J connectivity index is 0.000000221. The Morgan fingerprint density at radius 2 is 1.67 bits per heavy atom. The fraction of sp³-hybridized carbons (Fsp3) is 0.231. The molecule has 3 N–H and O–H groups in total. The van der Waals surface area contributed by atoms with Crippen molar-refractivity contribution in [1.82, 2.24) is 24.5 Å². The van der Waals surface area contributed by atoms with E-state index in [0.29, 0.717) is 19.0 Å². The van der Waals surface area contributed by atoms with Crippen LogP contribution in [0.2, 0.25) is 0 Å². The number of aromatic carboxylic acids is 1. The fourth-order valence-electron chi connectivity index (χ4n) is 3.25. The monoisotopic (exact) mass is 490 g/mol. The first-order valence-corrected chi connectivity index (χ1v) is 11.4. The Labute approximate surface area is 209 Å². The lowest BCUT2D eigenvalue weighted by molar-refractivity contribution is 0.0683. The zero-order valence-corrected chi connectivity index (χ0v) is 20.3. The molecular formula is C26H30N6O4. The van der Waals surface area contributed by atoms with Gasteiger partial charge in [-0.3, -0.25) is 4.79 Å². The number of carboxylic acids is 1. The molecule has 36 heavy (non-hydrogen) atoms. The van der Waals surface area contributed by atoms with Gasteiger partial charge in [-0.2, -0.15) is 5.10 Å². The van der Waals surface area contributed by atoms with E-state index < -0.39 is 11.9 Å². The summed E-state index contributed by atoms with van der Waals surface area (Å²) in [5.41, 5.74) is 7.39. The number of para-hydroxylation sites is 1. The molecule has 0 saturated carbocycles. The summed E-state index contributed by atoms with van der Waals surface area (Å²) in [5.74, 6) is -1.17. The molecule has 0 spiro atoms. The number of rotatable bonds is 10. The van der Waals surface area contributed by atoms with Crippen molar-refractivity contribution in [2.45, 2.75) is 13.0 Å². The summed E-state index contributed by atoms with van der Waals surface area (Å²) >= 11 is 0. The number of nitrogens with two attached hydrogens (primary N) is 1. The molecule has 10 heteroatoms. The number of benzene rings is 2. The SMILES string of the molecule is CN(C)CCCOc1cc(C(=O)O)n(Cc2ccccc2)n1.NC(=O)c1ccn(-c2ccccc2)n1. The number of hydrogen-bond donors (Lipinski definition) is 2. The summed E-state index contributed by atoms with van der Waals surface area (Å²) in [6.07, 6.45) is 2.57. The molecule has 2 aromatic heterocycles. The zero-order valence-electron chi connectivity index (χ0n) is 20.3. The Bertz CT molecular complexity index is 1250. The van der Waals surface area contributed by atoms with Crippen LogP contribution < -0.4 is 10.5 Å². The molecular weight excluding hydrogens is 460 g/mol. The minimum atomic E-state index is -1.01. The number of carboxylic acid groups (broad SMARTS) is 1. The Morgan fingerprint density at radius 3 is 2.25 bits per heavy atom. The molecule has 0 aliphatic carbocycles. The van der Waals surface area contributed by atoms with Crippen molar-refractivity contribution in [2.75, 3.05) is 27.2 Å². The van der Waals surface area contributed by atoms with Crippen LogP contribution in [0.1, 0.15) is 33.0 Å². The van der Waals surface area contributed by atoms with Gasteiger partial charge < -0.3 is 20.5 Å². The molecule has 0 aliphatic rings. The second-order valence-corrected chi connectivity index (χ2v) is 8.17. The van der Waals surface area contributed by atoms with E-state index in [1.165, 1.54) is 10.7 Å². The van der Waals surface area contributed by atoms with Gasteiger partial charge in [0.05, 0.1) is 18.8 Å². The zero-order chi connectivity index (χ0) is 25.9. The molecule has 4 aromatic rings. The van der Waals surface area contributed by atoms with Crippen LogP contribution in [0.3, 0.4) is 0 Å². The number of hydrogen-bond acceptors (Lipinski definition) is 6. The highest BCUT2D eigenvalue weighted by Crippen LogP contribution is 2.14. The van der Waals surface area contributed by atoms with Crippen molar-refractivity contribution in [1.29, 1.82) is 0 Å². The molecule has 0 fully saturated rings. The van der Waals surface area contributed by atoms with Gasteiger partial charge in [0.15, 0.2) is 5.69 Å². The molecule has 0 unspecified atom stereocenters. The van der Waals surface area contributed by atoms with Crippen LogP contribution >= 0.6 is 0 Å². The van der Waals surface area contributed by atoms with Gasteiger partial charge in [-0.05, 0) is 44.3 Å². The fourth-order valence-corrected chi connectivity index (χ4v) is 3.25. The van der Waals surface area contributed by atoms with E-state index in [0.717, 1.165) is 24.2 Å². The maximum atomic E-state index is 11.3. The first kappa shape index (κ1) is 26.2. The lowest BCUT2D eigenvalue weighted by Gasteiger charge is -2.08. The van der Waals surface area contributed by atoms with Crippen LogP contribution in [0, 0.1) is 0 Å². The number of nitrogens with zero attached hydrogens (tertiary/aromatic N) is 5. The van der Waals surface area contributed by atoms with Gasteiger partial charge in [0.25, 0.3) is 5.91 Å². The molecule has 0 bridgehead atoms. The van der Waals surface area contributed by atoms with E-state index in [2.05, 4.69) is 15.1 Å². The Morgan fingerprint density at radius 1 is 1.00 bits per heavy atom. The third-order valence-electron chi connectivity index (χ3n) is 5.01. The molecule has 188 valence electrons. The predicted molar refractivity (Wildman–Crippen MR) is 135 cm³/mol. The summed E-state index contributed by atoms with van der Waals surface area (Å²) in [6.45, 7) is 1.83. The molecule has 10 nitrogen and oxygen atoms in total. The van der Waals surface area contributed by atoms with Crippen LogP contribution in [0.5, 0.6) is 5.88 Å². The second kappa shape index (κ2) is 12.9. The summed E-state index contributed by atoms with van der Waals surface area (Å²) in [4.78, 5) is 24.2. The summed E-state index contributed by atoms with van der Waals surface area (Å²) in [5, 5.41) is 17.5. The number of ether oxygens (including phenoxy) is 1. The highest BCUT2D eigenvalue weighted by Gasteiger charge is 2.15. The third-order valence-corrected chi connectivity index (χ3v) is 5.01. The van der Waals surface area contributed by atoms with Gasteiger partial charge in [0.2, 0.25) is 5.88 Å². The Hall–Kier alpha value is -4.44. The molecule has 0 radical (unpaired) electrons. The molecule has 1 amide bonds. The highest BCUT2D eigenvalue weighted by atomic mass is 16.5. The third kappa shape index (κ3) is 7.81. The van der Waals surface area contributed by atoms with Crippen LogP contribution in [0.15, 0.2) is 79.0 Å². The van der Waals surface area contributed by atoms with Crippen molar-refractivity contribution >= 4 is 11.9 Å². The van der Waals surface area contributed by atoms with Crippen LogP contribution in [-0.4, -0.2) is 68.7 Å². The summed E-state index contributed by atoms with van der Waals surface area (Å²) in [7, 11) is 3.99. The normalized spacial score (nSPS) is 10.5. The minimum Gasteiger partial charge on any atom is -0.477 e. The van der Waals surface area contributed by atoms with E-state index in [9.17, 15) is 14.7 Å². The van der Waals surface area contributed by atoms with Crippen molar-refractivity contribution in [3.63, 3.8) is 0 Å². The van der Waals surface area contributed by atoms with Crippen molar-refractivity contribution in [2.24, 2.45) is 5.73 Å². The maximum Gasteiger partial charge on any atom is 0.354 e. The molecule has 2 heterocycles. The van der Waals surface area contributed by atoms with E-state index in [1.807, 2.05) is 74.8 Å². The molecule has 0 aliphatic heterocycles. The van der Waals surface area contributed by atoms with Crippen molar-refractivity contribution < 1.29 is 19.4 Å². The molecule has 0 saturated heterocycles. The first-order valence-electron chi connectivity index (χ1n) is 11.4. The molecule has 4 rings (SSSR count). The average Bonchev–Trinajstić information content (AvgIpc) is 3.51. The van der Waals surface area contributed by atoms with E-state index in [4.69, 9.17) is 10.5 Å². The summed E-state index contributed by atoms with van der Waals surface area (Å²) in [6, 6.07) is 22.2. The largest absolute Gasteiger partial charge is 0.477 e. The lowest BCUT2D eigenvalue weighted by Crippen LogP contribution is -2.15. The van der Waals surface area contributed by atoms with E-state index in [1.54, 1.807) is 16.9 Å².